The van der Waals surface area contributed by atoms with Gasteiger partial charge in [0.05, 0.1) is 12.8 Å². The summed E-state index contributed by atoms with van der Waals surface area (Å²) >= 11 is 0. The van der Waals surface area contributed by atoms with E-state index in [1.165, 1.54) is 19.2 Å². The van der Waals surface area contributed by atoms with Crippen molar-refractivity contribution < 1.29 is 19.5 Å². The van der Waals surface area contributed by atoms with Crippen LogP contribution in [0.2, 0.25) is 0 Å². The van der Waals surface area contributed by atoms with Crippen LogP contribution in [0.1, 0.15) is 31.8 Å². The van der Waals surface area contributed by atoms with Gasteiger partial charge in [-0.1, -0.05) is 30.0 Å². The molecule has 35 heavy (non-hydrogen) atoms. The van der Waals surface area contributed by atoms with Gasteiger partial charge in [-0.15, -0.1) is 0 Å². The number of rotatable bonds is 5. The summed E-state index contributed by atoms with van der Waals surface area (Å²) in [7, 11) is 1.51. The molecule has 0 aliphatic heterocycles. The van der Waals surface area contributed by atoms with Gasteiger partial charge in [0.2, 0.25) is 0 Å². The lowest BCUT2D eigenvalue weighted by atomic mass is 10.1. The molecule has 2 aromatic carbocycles. The molecule has 8 heteroatoms. The summed E-state index contributed by atoms with van der Waals surface area (Å²) in [4.78, 5) is 33.4. The van der Waals surface area contributed by atoms with Gasteiger partial charge in [0.25, 0.3) is 11.8 Å². The summed E-state index contributed by atoms with van der Waals surface area (Å²) in [5, 5.41) is 11.8. The van der Waals surface area contributed by atoms with Crippen LogP contribution in [0.25, 0.3) is 11.3 Å². The molecule has 4 aromatic rings. The Labute approximate surface area is 201 Å². The molecule has 0 bridgehead atoms. The van der Waals surface area contributed by atoms with Gasteiger partial charge in [-0.05, 0) is 54.6 Å². The molecule has 3 N–H and O–H groups in total. The number of anilines is 1. The third kappa shape index (κ3) is 5.87. The molecule has 0 radical (unpaired) electrons. The van der Waals surface area contributed by atoms with E-state index in [1.54, 1.807) is 42.1 Å². The van der Waals surface area contributed by atoms with Crippen LogP contribution in [-0.2, 0) is 0 Å². The molecule has 0 saturated heterocycles. The number of aromatic nitrogens is 2. The first-order valence-electron chi connectivity index (χ1n) is 10.5. The SMILES string of the molecule is COc1cccc(C(=O)Nc2cc(C(=O)NO)cc(-c3ccc(C#Cc4cccnc4)cc3)n2)c1. The molecule has 0 unspecified atom stereocenters. The van der Waals surface area contributed by atoms with Crippen LogP contribution in [0, 0.1) is 11.8 Å². The third-order valence-electron chi connectivity index (χ3n) is 4.96. The lowest BCUT2D eigenvalue weighted by Gasteiger charge is -2.10. The minimum Gasteiger partial charge on any atom is -0.497 e. The lowest BCUT2D eigenvalue weighted by Crippen LogP contribution is -2.20. The molecule has 172 valence electrons. The number of hydroxylamine groups is 1. The largest absolute Gasteiger partial charge is 0.497 e. The molecule has 0 aliphatic carbocycles. The highest BCUT2D eigenvalue weighted by Gasteiger charge is 2.14. The highest BCUT2D eigenvalue weighted by atomic mass is 16.5. The number of pyridine rings is 2. The minimum atomic E-state index is -0.732. The molecule has 2 amide bonds. The number of carbonyl (C=O) groups is 2. The second kappa shape index (κ2) is 10.7. The van der Waals surface area contributed by atoms with Crippen molar-refractivity contribution in [2.45, 2.75) is 0 Å². The van der Waals surface area contributed by atoms with Crippen LogP contribution in [0.3, 0.4) is 0 Å². The maximum absolute atomic E-state index is 12.7. The molecular formula is C27H20N4O4. The fourth-order valence-corrected chi connectivity index (χ4v) is 3.20. The van der Waals surface area contributed by atoms with E-state index in [-0.39, 0.29) is 11.4 Å². The Balaban J connectivity index is 1.62. The molecule has 0 saturated carbocycles. The zero-order chi connectivity index (χ0) is 24.6. The first kappa shape index (κ1) is 23.2. The van der Waals surface area contributed by atoms with Gasteiger partial charge in [-0.25, -0.2) is 10.5 Å². The summed E-state index contributed by atoms with van der Waals surface area (Å²) in [6, 6.07) is 20.5. The Morgan fingerprint density at radius 2 is 1.69 bits per heavy atom. The van der Waals surface area contributed by atoms with Crippen molar-refractivity contribution in [2.75, 3.05) is 12.4 Å². The van der Waals surface area contributed by atoms with Crippen LogP contribution in [0.15, 0.2) is 85.2 Å². The minimum absolute atomic E-state index is 0.124. The summed E-state index contributed by atoms with van der Waals surface area (Å²) in [5.41, 5.74) is 4.81. The van der Waals surface area contributed by atoms with Crippen molar-refractivity contribution in [3.05, 3.63) is 107 Å². The molecule has 2 heterocycles. The van der Waals surface area contributed by atoms with Crippen LogP contribution in [-0.4, -0.2) is 34.1 Å². The number of nitrogens with one attached hydrogen (secondary N) is 2. The average molecular weight is 464 g/mol. The zero-order valence-electron chi connectivity index (χ0n) is 18.6. The highest BCUT2D eigenvalue weighted by Crippen LogP contribution is 2.23. The molecule has 0 atom stereocenters. The van der Waals surface area contributed by atoms with Gasteiger partial charge in [-0.3, -0.25) is 19.8 Å². The van der Waals surface area contributed by atoms with E-state index in [0.29, 0.717) is 22.6 Å². The average Bonchev–Trinajstić information content (AvgIpc) is 2.92. The summed E-state index contributed by atoms with van der Waals surface area (Å²) in [6.45, 7) is 0. The fourth-order valence-electron chi connectivity index (χ4n) is 3.20. The Morgan fingerprint density at radius 3 is 2.40 bits per heavy atom. The topological polar surface area (TPSA) is 113 Å². The monoisotopic (exact) mass is 464 g/mol. The van der Waals surface area contributed by atoms with Gasteiger partial charge in [-0.2, -0.15) is 0 Å². The molecule has 2 aromatic heterocycles. The number of benzene rings is 2. The van der Waals surface area contributed by atoms with Crippen molar-refractivity contribution in [3.8, 4) is 28.8 Å². The Bertz CT molecular complexity index is 1430. The summed E-state index contributed by atoms with van der Waals surface area (Å²) in [6.07, 6.45) is 3.37. The van der Waals surface area contributed by atoms with Crippen molar-refractivity contribution in [2.24, 2.45) is 0 Å². The quantitative estimate of drug-likeness (QED) is 0.234. The number of hydrogen-bond acceptors (Lipinski definition) is 6. The van der Waals surface area contributed by atoms with Crippen molar-refractivity contribution >= 4 is 17.6 Å². The molecule has 0 fully saturated rings. The van der Waals surface area contributed by atoms with Gasteiger partial charge in [0, 0.05) is 40.2 Å². The van der Waals surface area contributed by atoms with Crippen molar-refractivity contribution in [1.82, 2.24) is 15.4 Å². The second-order valence-corrected chi connectivity index (χ2v) is 7.32. The molecular weight excluding hydrogens is 444 g/mol. The molecule has 0 aliphatic rings. The van der Waals surface area contributed by atoms with Gasteiger partial charge in [0.15, 0.2) is 0 Å². The molecule has 0 spiro atoms. The van der Waals surface area contributed by atoms with Crippen LogP contribution < -0.4 is 15.5 Å². The second-order valence-electron chi connectivity index (χ2n) is 7.32. The zero-order valence-corrected chi connectivity index (χ0v) is 18.6. The first-order valence-corrected chi connectivity index (χ1v) is 10.5. The maximum atomic E-state index is 12.7. The number of ether oxygens (including phenoxy) is 1. The smallest absolute Gasteiger partial charge is 0.274 e. The Morgan fingerprint density at radius 1 is 0.886 bits per heavy atom. The van der Waals surface area contributed by atoms with Gasteiger partial charge in [0.1, 0.15) is 11.6 Å². The van der Waals surface area contributed by atoms with Gasteiger partial charge < -0.3 is 10.1 Å². The highest BCUT2D eigenvalue weighted by molar-refractivity contribution is 6.05. The normalized spacial score (nSPS) is 10.0. The van der Waals surface area contributed by atoms with E-state index in [0.717, 1.165) is 11.1 Å². The maximum Gasteiger partial charge on any atom is 0.274 e. The summed E-state index contributed by atoms with van der Waals surface area (Å²) in [5.74, 6) is 5.63. The number of amides is 2. The fraction of sp³-hybridized carbons (Fsp3) is 0.0370. The number of hydrogen-bond donors (Lipinski definition) is 3. The van der Waals surface area contributed by atoms with Crippen LogP contribution in [0.4, 0.5) is 5.82 Å². The Kier molecular flexibility index (Phi) is 7.11. The predicted octanol–water partition coefficient (Wildman–Crippen LogP) is 3.92. The number of methoxy groups -OCH3 is 1. The predicted molar refractivity (Wildman–Crippen MR) is 130 cm³/mol. The number of carbonyl (C=O) groups excluding carboxylic acids is 2. The van der Waals surface area contributed by atoms with E-state index in [1.807, 2.05) is 36.4 Å². The lowest BCUT2D eigenvalue weighted by molar-refractivity contribution is 0.0706. The standard InChI is InChI=1S/C27H20N4O4/c1-35-23-6-2-5-21(14-23)26(32)30-25-16-22(27(33)31-34)15-24(29-25)20-11-9-18(10-12-20)7-8-19-4-3-13-28-17-19/h2-6,9-17,34H,1H3,(H,31,33)(H,29,30,32). The van der Waals surface area contributed by atoms with E-state index >= 15 is 0 Å². The third-order valence-corrected chi connectivity index (χ3v) is 4.96. The number of nitrogens with zero attached hydrogens (tertiary/aromatic N) is 2. The summed E-state index contributed by atoms with van der Waals surface area (Å²) < 4.78 is 5.16. The van der Waals surface area contributed by atoms with Crippen LogP contribution >= 0.6 is 0 Å². The molecule has 8 nitrogen and oxygen atoms in total. The van der Waals surface area contributed by atoms with E-state index < -0.39 is 11.8 Å². The van der Waals surface area contributed by atoms with Gasteiger partial charge >= 0.3 is 0 Å². The molecule has 4 rings (SSSR count). The van der Waals surface area contributed by atoms with E-state index in [9.17, 15) is 9.59 Å². The van der Waals surface area contributed by atoms with Crippen molar-refractivity contribution in [1.29, 1.82) is 0 Å². The first-order chi connectivity index (χ1) is 17.1. The van der Waals surface area contributed by atoms with E-state index in [2.05, 4.69) is 27.1 Å². The Hall–Kier alpha value is -5.00. The van der Waals surface area contributed by atoms with E-state index in [4.69, 9.17) is 9.94 Å². The van der Waals surface area contributed by atoms with Crippen molar-refractivity contribution in [3.63, 3.8) is 0 Å². The van der Waals surface area contributed by atoms with Crippen LogP contribution in [0.5, 0.6) is 5.75 Å².